The van der Waals surface area contributed by atoms with Gasteiger partial charge in [-0.1, -0.05) is 29.8 Å². The standard InChI is InChI=1S/C21H15ClN6O/c1-29-17-7-3-6-16(18(17)22)26-21-13-8-9-23-10-15(13)12-4-2-5-14(19(12)27-21)20-24-11-25-28-20/h2-11H,1H3,(H,26,27)(H,24,25,28). The fourth-order valence-corrected chi connectivity index (χ4v) is 3.63. The number of nitrogens with zero attached hydrogens (tertiary/aromatic N) is 4. The van der Waals surface area contributed by atoms with E-state index in [2.05, 4.69) is 25.5 Å². The van der Waals surface area contributed by atoms with Crippen molar-refractivity contribution in [3.63, 3.8) is 0 Å². The van der Waals surface area contributed by atoms with E-state index in [4.69, 9.17) is 21.3 Å². The van der Waals surface area contributed by atoms with E-state index in [0.717, 1.165) is 27.2 Å². The predicted molar refractivity (Wildman–Crippen MR) is 114 cm³/mol. The highest BCUT2D eigenvalue weighted by molar-refractivity contribution is 6.35. The Morgan fingerprint density at radius 3 is 2.76 bits per heavy atom. The first-order valence-electron chi connectivity index (χ1n) is 8.88. The van der Waals surface area contributed by atoms with Gasteiger partial charge in [0.25, 0.3) is 0 Å². The maximum absolute atomic E-state index is 6.49. The topological polar surface area (TPSA) is 88.6 Å². The predicted octanol–water partition coefficient (Wildman–Crippen LogP) is 4.97. The number of pyridine rings is 2. The second-order valence-electron chi connectivity index (χ2n) is 6.36. The molecule has 0 amide bonds. The van der Waals surface area contributed by atoms with Crippen LogP contribution in [0.3, 0.4) is 0 Å². The van der Waals surface area contributed by atoms with Crippen LogP contribution in [0.4, 0.5) is 11.5 Å². The molecule has 0 aliphatic rings. The van der Waals surface area contributed by atoms with E-state index in [0.29, 0.717) is 28.1 Å². The quantitative estimate of drug-likeness (QED) is 0.412. The lowest BCUT2D eigenvalue weighted by atomic mass is 10.0. The summed E-state index contributed by atoms with van der Waals surface area (Å²) in [7, 11) is 1.59. The Morgan fingerprint density at radius 2 is 1.93 bits per heavy atom. The zero-order valence-electron chi connectivity index (χ0n) is 15.3. The number of methoxy groups -OCH3 is 1. The normalized spacial score (nSPS) is 11.1. The highest BCUT2D eigenvalue weighted by atomic mass is 35.5. The van der Waals surface area contributed by atoms with E-state index in [1.54, 1.807) is 13.3 Å². The third kappa shape index (κ3) is 2.92. The first-order valence-corrected chi connectivity index (χ1v) is 9.26. The molecular formula is C21H15ClN6O. The summed E-state index contributed by atoms with van der Waals surface area (Å²) in [5.41, 5.74) is 2.34. The van der Waals surface area contributed by atoms with Gasteiger partial charge < -0.3 is 10.1 Å². The van der Waals surface area contributed by atoms with Gasteiger partial charge >= 0.3 is 0 Å². The van der Waals surface area contributed by atoms with Gasteiger partial charge in [-0.15, -0.1) is 0 Å². The lowest BCUT2D eigenvalue weighted by Crippen LogP contribution is -1.99. The van der Waals surface area contributed by atoms with Crippen LogP contribution in [-0.2, 0) is 0 Å². The minimum atomic E-state index is 0.489. The molecule has 0 bridgehead atoms. The van der Waals surface area contributed by atoms with Gasteiger partial charge in [-0.2, -0.15) is 5.10 Å². The minimum Gasteiger partial charge on any atom is -0.495 e. The molecule has 0 spiro atoms. The molecule has 142 valence electrons. The van der Waals surface area contributed by atoms with Crippen LogP contribution in [0.2, 0.25) is 5.02 Å². The molecule has 3 aromatic heterocycles. The molecule has 8 heteroatoms. The molecule has 3 heterocycles. The maximum Gasteiger partial charge on any atom is 0.157 e. The summed E-state index contributed by atoms with van der Waals surface area (Å²) in [6, 6.07) is 13.4. The molecule has 0 aliphatic heterocycles. The lowest BCUT2D eigenvalue weighted by Gasteiger charge is -2.14. The summed E-state index contributed by atoms with van der Waals surface area (Å²) < 4.78 is 5.33. The third-order valence-electron chi connectivity index (χ3n) is 4.73. The van der Waals surface area contributed by atoms with E-state index in [1.807, 2.05) is 48.7 Å². The summed E-state index contributed by atoms with van der Waals surface area (Å²) in [6.07, 6.45) is 5.06. The van der Waals surface area contributed by atoms with E-state index < -0.39 is 0 Å². The van der Waals surface area contributed by atoms with E-state index >= 15 is 0 Å². The smallest absolute Gasteiger partial charge is 0.157 e. The molecule has 5 aromatic rings. The molecule has 29 heavy (non-hydrogen) atoms. The number of ether oxygens (including phenoxy) is 1. The molecule has 0 saturated heterocycles. The highest BCUT2D eigenvalue weighted by Gasteiger charge is 2.15. The monoisotopic (exact) mass is 402 g/mol. The van der Waals surface area contributed by atoms with Gasteiger partial charge in [-0.3, -0.25) is 10.1 Å². The number of benzene rings is 2. The van der Waals surface area contributed by atoms with Crippen LogP contribution in [0.15, 0.2) is 61.2 Å². The SMILES string of the molecule is COc1cccc(Nc2nc3c(-c4ncn[nH]4)cccc3c3cnccc23)c1Cl. The van der Waals surface area contributed by atoms with Crippen LogP contribution in [0.5, 0.6) is 5.75 Å². The number of nitrogens with one attached hydrogen (secondary N) is 2. The van der Waals surface area contributed by atoms with Crippen molar-refractivity contribution < 1.29 is 4.74 Å². The largest absolute Gasteiger partial charge is 0.495 e. The Bertz CT molecular complexity index is 1340. The summed E-state index contributed by atoms with van der Waals surface area (Å²) >= 11 is 6.49. The van der Waals surface area contributed by atoms with E-state index in [9.17, 15) is 0 Å². The van der Waals surface area contributed by atoms with Crippen LogP contribution >= 0.6 is 11.6 Å². The van der Waals surface area contributed by atoms with E-state index in [-0.39, 0.29) is 0 Å². The number of hydrogen-bond acceptors (Lipinski definition) is 6. The molecule has 2 aromatic carbocycles. The number of aromatic amines is 1. The summed E-state index contributed by atoms with van der Waals surface area (Å²) in [6.45, 7) is 0. The Morgan fingerprint density at radius 1 is 1.03 bits per heavy atom. The van der Waals surface area contributed by atoms with Crippen molar-refractivity contribution in [2.24, 2.45) is 0 Å². The summed E-state index contributed by atoms with van der Waals surface area (Å²) in [5, 5.41) is 13.6. The van der Waals surface area contributed by atoms with Crippen molar-refractivity contribution in [2.75, 3.05) is 12.4 Å². The van der Waals surface area contributed by atoms with Crippen molar-refractivity contribution in [3.8, 4) is 17.1 Å². The van der Waals surface area contributed by atoms with Crippen molar-refractivity contribution in [2.45, 2.75) is 0 Å². The van der Waals surface area contributed by atoms with Gasteiger partial charge in [0.15, 0.2) is 5.82 Å². The minimum absolute atomic E-state index is 0.489. The molecule has 0 unspecified atom stereocenters. The summed E-state index contributed by atoms with van der Waals surface area (Å²) in [4.78, 5) is 13.5. The zero-order chi connectivity index (χ0) is 19.8. The van der Waals surface area contributed by atoms with Gasteiger partial charge in [0, 0.05) is 34.1 Å². The second kappa shape index (κ2) is 7.03. The van der Waals surface area contributed by atoms with Gasteiger partial charge in [-0.25, -0.2) is 9.97 Å². The summed E-state index contributed by atoms with van der Waals surface area (Å²) in [5.74, 6) is 1.90. The molecule has 7 nitrogen and oxygen atoms in total. The first kappa shape index (κ1) is 17.4. The zero-order valence-corrected chi connectivity index (χ0v) is 16.1. The molecular weight excluding hydrogens is 388 g/mol. The fourth-order valence-electron chi connectivity index (χ4n) is 3.38. The number of halogens is 1. The van der Waals surface area contributed by atoms with Crippen LogP contribution in [0.25, 0.3) is 33.1 Å². The van der Waals surface area contributed by atoms with Crippen LogP contribution in [-0.4, -0.2) is 32.3 Å². The molecule has 2 N–H and O–H groups in total. The van der Waals surface area contributed by atoms with Gasteiger partial charge in [-0.05, 0) is 24.3 Å². The fraction of sp³-hybridized carbons (Fsp3) is 0.0476. The van der Waals surface area contributed by atoms with Crippen molar-refractivity contribution in [1.29, 1.82) is 0 Å². The molecule has 5 rings (SSSR count). The number of hydrogen-bond donors (Lipinski definition) is 2. The molecule has 0 saturated carbocycles. The molecule has 0 radical (unpaired) electrons. The van der Waals surface area contributed by atoms with Crippen LogP contribution in [0, 0.1) is 0 Å². The lowest BCUT2D eigenvalue weighted by molar-refractivity contribution is 0.415. The number of para-hydroxylation sites is 1. The first-order chi connectivity index (χ1) is 14.3. The van der Waals surface area contributed by atoms with Gasteiger partial charge in [0.05, 0.1) is 18.3 Å². The Kier molecular flexibility index (Phi) is 4.22. The van der Waals surface area contributed by atoms with Crippen LogP contribution < -0.4 is 10.1 Å². The number of anilines is 2. The van der Waals surface area contributed by atoms with Gasteiger partial charge in [0.2, 0.25) is 0 Å². The Balaban J connectivity index is 1.77. The number of aromatic nitrogens is 5. The highest BCUT2D eigenvalue weighted by Crippen LogP contribution is 2.37. The molecule has 0 fully saturated rings. The van der Waals surface area contributed by atoms with Gasteiger partial charge in [0.1, 0.15) is 22.9 Å². The maximum atomic E-state index is 6.49. The Hall–Kier alpha value is -3.71. The number of rotatable bonds is 4. The number of H-pyrrole nitrogens is 1. The Labute approximate surface area is 170 Å². The molecule has 0 atom stereocenters. The third-order valence-corrected chi connectivity index (χ3v) is 5.12. The second-order valence-corrected chi connectivity index (χ2v) is 6.74. The van der Waals surface area contributed by atoms with Crippen molar-refractivity contribution in [3.05, 3.63) is 66.2 Å². The van der Waals surface area contributed by atoms with Crippen molar-refractivity contribution in [1.82, 2.24) is 25.1 Å². The van der Waals surface area contributed by atoms with Crippen molar-refractivity contribution >= 4 is 44.8 Å². The number of fused-ring (bicyclic) bond motifs is 3. The average molecular weight is 403 g/mol. The van der Waals surface area contributed by atoms with Crippen LogP contribution in [0.1, 0.15) is 0 Å². The average Bonchev–Trinajstić information content (AvgIpc) is 3.30. The van der Waals surface area contributed by atoms with E-state index in [1.165, 1.54) is 6.33 Å². The molecule has 0 aliphatic carbocycles.